The number of rotatable bonds is 8. The van der Waals surface area contributed by atoms with Crippen LogP contribution >= 0.6 is 15.9 Å². The van der Waals surface area contributed by atoms with Gasteiger partial charge in [0.15, 0.2) is 0 Å². The fraction of sp³-hybridized carbons (Fsp3) is 0.405. The number of carbonyl (C=O) groups excluding carboxylic acids is 1. The number of nitriles is 1. The van der Waals surface area contributed by atoms with Crippen molar-refractivity contribution in [2.45, 2.75) is 50.9 Å². The number of likely N-dealkylation sites (tertiary alicyclic amines) is 1. The lowest BCUT2D eigenvalue weighted by molar-refractivity contribution is 0.0767. The Morgan fingerprint density at radius 3 is 2.60 bits per heavy atom. The number of benzene rings is 3. The minimum absolute atomic E-state index is 0.194. The van der Waals surface area contributed by atoms with Crippen LogP contribution in [-0.4, -0.2) is 84.3 Å². The molecule has 11 heteroatoms. The van der Waals surface area contributed by atoms with Crippen LogP contribution < -0.4 is 14.5 Å². The number of fused-ring (bicyclic) bond motifs is 2. The topological polar surface area (TPSA) is 98.1 Å². The van der Waals surface area contributed by atoms with E-state index in [-0.39, 0.29) is 19.1 Å². The predicted octanol–water partition coefficient (Wildman–Crippen LogP) is 6.17. The van der Waals surface area contributed by atoms with Crippen molar-refractivity contribution >= 4 is 44.3 Å². The van der Waals surface area contributed by atoms with Crippen LogP contribution in [0.1, 0.15) is 36.1 Å². The molecular weight excluding hydrogens is 670 g/mol. The maximum Gasteiger partial charge on any atom is 0.410 e. The molecular formula is C37H40BrN7O3. The van der Waals surface area contributed by atoms with Gasteiger partial charge in [-0.05, 0) is 55.9 Å². The SMILES string of the molecule is CN1CCCC1COc1nc2c(c(N3CCN(C(=O)OCc4ccccc4)C(CC#N)C3)n1)CCN(c1cccc3cccc(Br)c13)C2. The number of ether oxygens (including phenoxy) is 2. The summed E-state index contributed by atoms with van der Waals surface area (Å²) < 4.78 is 13.1. The molecule has 4 aromatic rings. The van der Waals surface area contributed by atoms with Gasteiger partial charge in [-0.3, -0.25) is 0 Å². The van der Waals surface area contributed by atoms with Crippen LogP contribution in [0.25, 0.3) is 10.8 Å². The van der Waals surface area contributed by atoms with E-state index in [0.717, 1.165) is 65.2 Å². The molecule has 248 valence electrons. The zero-order valence-corrected chi connectivity index (χ0v) is 28.8. The number of carbonyl (C=O) groups is 1. The molecule has 4 heterocycles. The molecule has 7 rings (SSSR count). The Morgan fingerprint density at radius 2 is 1.81 bits per heavy atom. The molecule has 10 nitrogen and oxygen atoms in total. The van der Waals surface area contributed by atoms with Crippen molar-refractivity contribution in [1.82, 2.24) is 19.8 Å². The quantitative estimate of drug-likeness (QED) is 0.213. The smallest absolute Gasteiger partial charge is 0.410 e. The lowest BCUT2D eigenvalue weighted by Crippen LogP contribution is -2.55. The normalized spacial score (nSPS) is 19.6. The number of amides is 1. The van der Waals surface area contributed by atoms with E-state index in [1.54, 1.807) is 4.90 Å². The van der Waals surface area contributed by atoms with Gasteiger partial charge < -0.3 is 29.1 Å². The van der Waals surface area contributed by atoms with Crippen LogP contribution in [0.3, 0.4) is 0 Å². The van der Waals surface area contributed by atoms with Gasteiger partial charge in [-0.15, -0.1) is 0 Å². The number of nitrogens with zero attached hydrogens (tertiary/aromatic N) is 7. The summed E-state index contributed by atoms with van der Waals surface area (Å²) in [4.78, 5) is 31.9. The maximum absolute atomic E-state index is 13.2. The summed E-state index contributed by atoms with van der Waals surface area (Å²) in [5.41, 5.74) is 4.14. The second-order valence-corrected chi connectivity index (χ2v) is 13.7. The second kappa shape index (κ2) is 14.4. The van der Waals surface area contributed by atoms with Gasteiger partial charge >= 0.3 is 12.1 Å². The molecule has 0 aliphatic carbocycles. The molecule has 1 aromatic heterocycles. The van der Waals surface area contributed by atoms with Crippen LogP contribution in [0.4, 0.5) is 16.3 Å². The van der Waals surface area contributed by atoms with Gasteiger partial charge in [0.05, 0.1) is 30.8 Å². The summed E-state index contributed by atoms with van der Waals surface area (Å²) in [7, 11) is 2.14. The number of anilines is 2. The summed E-state index contributed by atoms with van der Waals surface area (Å²) in [6.45, 7) is 4.70. The Kier molecular flexibility index (Phi) is 9.64. The van der Waals surface area contributed by atoms with Crippen molar-refractivity contribution in [3.05, 3.63) is 88.0 Å². The van der Waals surface area contributed by atoms with Crippen LogP contribution in [0.5, 0.6) is 6.01 Å². The molecule has 3 aliphatic rings. The van der Waals surface area contributed by atoms with E-state index >= 15 is 0 Å². The number of aromatic nitrogens is 2. The third kappa shape index (κ3) is 6.78. The maximum atomic E-state index is 13.2. The summed E-state index contributed by atoms with van der Waals surface area (Å²) in [6, 6.07) is 25.0. The molecule has 3 aliphatic heterocycles. The number of hydrogen-bond acceptors (Lipinski definition) is 9. The van der Waals surface area contributed by atoms with Gasteiger partial charge in [-0.25, -0.2) is 4.79 Å². The Balaban J connectivity index is 1.16. The summed E-state index contributed by atoms with van der Waals surface area (Å²) >= 11 is 3.79. The van der Waals surface area contributed by atoms with Gasteiger partial charge in [0.25, 0.3) is 0 Å². The van der Waals surface area contributed by atoms with E-state index in [2.05, 4.69) is 80.1 Å². The van der Waals surface area contributed by atoms with Crippen molar-refractivity contribution < 1.29 is 14.3 Å². The predicted molar refractivity (Wildman–Crippen MR) is 189 cm³/mol. The molecule has 48 heavy (non-hydrogen) atoms. The second-order valence-electron chi connectivity index (χ2n) is 12.8. The largest absolute Gasteiger partial charge is 0.462 e. The molecule has 1 amide bonds. The van der Waals surface area contributed by atoms with E-state index in [1.807, 2.05) is 30.3 Å². The monoisotopic (exact) mass is 709 g/mol. The highest BCUT2D eigenvalue weighted by molar-refractivity contribution is 9.10. The first-order valence-electron chi connectivity index (χ1n) is 16.7. The summed E-state index contributed by atoms with van der Waals surface area (Å²) in [5, 5.41) is 12.1. The number of halogens is 1. The first kappa shape index (κ1) is 32.2. The molecule has 3 aromatic carbocycles. The highest BCUT2D eigenvalue weighted by atomic mass is 79.9. The molecule has 0 radical (unpaired) electrons. The van der Waals surface area contributed by atoms with E-state index in [4.69, 9.17) is 19.4 Å². The average Bonchev–Trinajstić information content (AvgIpc) is 3.53. The molecule has 0 bridgehead atoms. The van der Waals surface area contributed by atoms with Gasteiger partial charge in [0.2, 0.25) is 0 Å². The molecule has 0 spiro atoms. The van der Waals surface area contributed by atoms with Gasteiger partial charge in [-0.2, -0.15) is 15.2 Å². The van der Waals surface area contributed by atoms with Gasteiger partial charge in [-0.1, -0.05) is 70.5 Å². The fourth-order valence-corrected chi connectivity index (χ4v) is 7.78. The molecule has 0 N–H and O–H groups in total. The van der Waals surface area contributed by atoms with Crippen molar-refractivity contribution in [2.24, 2.45) is 0 Å². The molecule has 2 atom stereocenters. The van der Waals surface area contributed by atoms with E-state index < -0.39 is 6.09 Å². The third-order valence-electron chi connectivity index (χ3n) is 9.82. The van der Waals surface area contributed by atoms with Crippen LogP contribution in [0.2, 0.25) is 0 Å². The zero-order valence-electron chi connectivity index (χ0n) is 27.2. The van der Waals surface area contributed by atoms with Crippen LogP contribution in [-0.2, 0) is 24.3 Å². The standard InChI is InChI=1S/C37H40BrN7O3/c1-42-18-7-12-29(42)25-47-36-40-32-23-43(33-14-6-11-27-10-5-13-31(38)34(27)33)19-16-30(32)35(41-36)44-20-21-45(28(22-44)15-17-39)37(46)48-24-26-8-3-2-4-9-26/h2-6,8-11,13-14,28-29H,7,12,15-16,18-25H2,1H3. The molecule has 2 unspecified atom stereocenters. The number of piperazine rings is 1. The van der Waals surface area contributed by atoms with Crippen molar-refractivity contribution in [1.29, 1.82) is 5.26 Å². The van der Waals surface area contributed by atoms with Gasteiger partial charge in [0.1, 0.15) is 19.0 Å². The van der Waals surface area contributed by atoms with E-state index in [0.29, 0.717) is 44.8 Å². The van der Waals surface area contributed by atoms with E-state index in [9.17, 15) is 10.1 Å². The minimum atomic E-state index is -0.398. The summed E-state index contributed by atoms with van der Waals surface area (Å²) in [5.74, 6) is 0.841. The number of likely N-dealkylation sites (N-methyl/N-ethyl adjacent to an activating group) is 1. The lowest BCUT2D eigenvalue weighted by atomic mass is 10.0. The van der Waals surface area contributed by atoms with Crippen LogP contribution in [0, 0.1) is 11.3 Å². The molecule has 2 saturated heterocycles. The first-order valence-corrected chi connectivity index (χ1v) is 17.5. The first-order chi connectivity index (χ1) is 23.5. The Labute approximate surface area is 290 Å². The van der Waals surface area contributed by atoms with Crippen molar-refractivity contribution in [2.75, 3.05) is 56.2 Å². The third-order valence-corrected chi connectivity index (χ3v) is 10.5. The average molecular weight is 711 g/mol. The van der Waals surface area contributed by atoms with Crippen molar-refractivity contribution in [3.63, 3.8) is 0 Å². The highest BCUT2D eigenvalue weighted by Crippen LogP contribution is 2.37. The Bertz CT molecular complexity index is 1810. The van der Waals surface area contributed by atoms with Gasteiger partial charge in [0, 0.05) is 53.3 Å². The Morgan fingerprint density at radius 1 is 0.979 bits per heavy atom. The fourth-order valence-electron chi connectivity index (χ4n) is 7.19. The molecule has 2 fully saturated rings. The summed E-state index contributed by atoms with van der Waals surface area (Å²) in [6.07, 6.45) is 2.82. The lowest BCUT2D eigenvalue weighted by Gasteiger charge is -2.42. The zero-order chi connectivity index (χ0) is 33.0. The highest BCUT2D eigenvalue weighted by Gasteiger charge is 2.35. The Hall–Kier alpha value is -4.40. The van der Waals surface area contributed by atoms with Crippen molar-refractivity contribution in [3.8, 4) is 12.1 Å². The molecule has 0 saturated carbocycles. The number of hydrogen-bond donors (Lipinski definition) is 0. The van der Waals surface area contributed by atoms with E-state index in [1.165, 1.54) is 10.8 Å². The van der Waals surface area contributed by atoms with Crippen LogP contribution in [0.15, 0.2) is 71.2 Å². The minimum Gasteiger partial charge on any atom is -0.462 e.